The van der Waals surface area contributed by atoms with Crippen molar-refractivity contribution in [3.05, 3.63) is 63.6 Å². The zero-order chi connectivity index (χ0) is 17.3. The van der Waals surface area contributed by atoms with Gasteiger partial charge >= 0.3 is 0 Å². The third-order valence-electron chi connectivity index (χ3n) is 4.68. The van der Waals surface area contributed by atoms with E-state index in [0.717, 1.165) is 53.6 Å². The molecule has 0 saturated carbocycles. The van der Waals surface area contributed by atoms with Gasteiger partial charge < -0.3 is 9.67 Å². The molecule has 0 spiro atoms. The Kier molecular flexibility index (Phi) is 4.46. The lowest BCUT2D eigenvalue weighted by atomic mass is 9.94. The molecule has 0 bridgehead atoms. The van der Waals surface area contributed by atoms with E-state index in [9.17, 15) is 9.90 Å². The van der Waals surface area contributed by atoms with Gasteiger partial charge in [-0.1, -0.05) is 49.8 Å². The average molecular weight is 323 g/mol. The minimum absolute atomic E-state index is 0.139. The number of unbranched alkanes of at least 4 members (excludes halogenated alkanes) is 1. The van der Waals surface area contributed by atoms with Crippen molar-refractivity contribution in [2.24, 2.45) is 0 Å². The number of allylic oxidation sites excluding steroid dienone is 1. The van der Waals surface area contributed by atoms with Gasteiger partial charge in [-0.2, -0.15) is 0 Å². The van der Waals surface area contributed by atoms with E-state index in [4.69, 9.17) is 0 Å². The van der Waals surface area contributed by atoms with Crippen LogP contribution in [0.5, 0.6) is 0 Å². The summed E-state index contributed by atoms with van der Waals surface area (Å²) in [7, 11) is 0. The van der Waals surface area contributed by atoms with Crippen LogP contribution in [0.1, 0.15) is 50.3 Å². The summed E-state index contributed by atoms with van der Waals surface area (Å²) < 4.78 is 1.86. The van der Waals surface area contributed by atoms with E-state index in [1.165, 1.54) is 0 Å². The van der Waals surface area contributed by atoms with Crippen molar-refractivity contribution < 1.29 is 5.11 Å². The first kappa shape index (κ1) is 16.7. The van der Waals surface area contributed by atoms with Gasteiger partial charge in [-0.25, -0.2) is 0 Å². The molecule has 1 aromatic carbocycles. The lowest BCUT2D eigenvalue weighted by Gasteiger charge is -2.19. The predicted molar refractivity (Wildman–Crippen MR) is 99.0 cm³/mol. The first-order valence-electron chi connectivity index (χ1n) is 8.68. The molecule has 3 nitrogen and oxygen atoms in total. The van der Waals surface area contributed by atoms with Gasteiger partial charge in [0.2, 0.25) is 0 Å². The first-order chi connectivity index (χ1) is 11.4. The highest BCUT2D eigenvalue weighted by molar-refractivity contribution is 5.78. The number of hydrogen-bond acceptors (Lipinski definition) is 2. The van der Waals surface area contributed by atoms with Crippen LogP contribution in [0.15, 0.2) is 41.3 Å². The van der Waals surface area contributed by atoms with E-state index in [2.05, 4.69) is 19.1 Å². The fraction of sp³-hybridized carbons (Fsp3) is 0.381. The Hall–Kier alpha value is -2.13. The number of aromatic nitrogens is 1. The molecule has 3 rings (SSSR count). The summed E-state index contributed by atoms with van der Waals surface area (Å²) in [5, 5.41) is 10.1. The van der Waals surface area contributed by atoms with Crippen LogP contribution < -0.4 is 5.56 Å². The van der Waals surface area contributed by atoms with Crippen LogP contribution in [0.2, 0.25) is 0 Å². The molecule has 0 radical (unpaired) electrons. The van der Waals surface area contributed by atoms with Gasteiger partial charge in [0.1, 0.15) is 0 Å². The highest BCUT2D eigenvalue weighted by Crippen LogP contribution is 2.31. The Morgan fingerprint density at radius 3 is 2.54 bits per heavy atom. The van der Waals surface area contributed by atoms with Crippen molar-refractivity contribution in [2.75, 3.05) is 0 Å². The molecule has 2 aromatic rings. The maximum Gasteiger partial charge on any atom is 0.254 e. The maximum atomic E-state index is 12.6. The molecule has 1 N–H and O–H groups in total. The van der Waals surface area contributed by atoms with Crippen LogP contribution in [-0.4, -0.2) is 9.67 Å². The summed E-state index contributed by atoms with van der Waals surface area (Å²) in [6.07, 6.45) is 8.90. The molecule has 0 aliphatic heterocycles. The van der Waals surface area contributed by atoms with Crippen LogP contribution >= 0.6 is 0 Å². The molecule has 1 aliphatic rings. The number of benzene rings is 1. The van der Waals surface area contributed by atoms with Crippen LogP contribution in [-0.2, 0) is 18.6 Å². The molecule has 1 aromatic heterocycles. The molecule has 3 heteroatoms. The fourth-order valence-corrected chi connectivity index (χ4v) is 3.20. The Bertz CT molecular complexity index is 821. The standard InChI is InChI=1S/C21H25NO2/c1-4-5-13-22-14-19(17-7-6-8-18(17)20(22)23)15-9-11-16(12-10-15)21(2,3)24/h6-7,9-12,14,24H,4-5,8,13H2,1-3H3. The molecule has 126 valence electrons. The second kappa shape index (κ2) is 6.40. The van der Waals surface area contributed by atoms with Crippen LogP contribution in [0.3, 0.4) is 0 Å². The molecule has 0 atom stereocenters. The lowest BCUT2D eigenvalue weighted by molar-refractivity contribution is 0.0786. The minimum Gasteiger partial charge on any atom is -0.386 e. The van der Waals surface area contributed by atoms with E-state index in [-0.39, 0.29) is 5.56 Å². The van der Waals surface area contributed by atoms with E-state index >= 15 is 0 Å². The van der Waals surface area contributed by atoms with Crippen LogP contribution in [0.4, 0.5) is 0 Å². The van der Waals surface area contributed by atoms with E-state index in [0.29, 0.717) is 0 Å². The summed E-state index contributed by atoms with van der Waals surface area (Å²) in [6, 6.07) is 7.98. The summed E-state index contributed by atoms with van der Waals surface area (Å²) in [4.78, 5) is 12.6. The Balaban J connectivity index is 2.08. The van der Waals surface area contributed by atoms with Crippen molar-refractivity contribution in [3.63, 3.8) is 0 Å². The molecule has 0 unspecified atom stereocenters. The van der Waals surface area contributed by atoms with E-state index in [1.54, 1.807) is 13.8 Å². The summed E-state index contributed by atoms with van der Waals surface area (Å²) in [5.74, 6) is 0. The minimum atomic E-state index is -0.847. The third-order valence-corrected chi connectivity index (χ3v) is 4.68. The summed E-state index contributed by atoms with van der Waals surface area (Å²) >= 11 is 0. The number of hydrogen-bond donors (Lipinski definition) is 1. The molecule has 0 amide bonds. The van der Waals surface area contributed by atoms with Crippen molar-refractivity contribution in [2.45, 2.75) is 52.2 Å². The number of aliphatic hydroxyl groups is 1. The molecule has 1 heterocycles. The SMILES string of the molecule is CCCCn1cc(-c2ccc(C(C)(C)O)cc2)c2c(c1=O)CC=C2. The fourth-order valence-electron chi connectivity index (χ4n) is 3.20. The van der Waals surface area contributed by atoms with E-state index < -0.39 is 5.60 Å². The van der Waals surface area contributed by atoms with Gasteiger partial charge in [-0.3, -0.25) is 4.79 Å². The van der Waals surface area contributed by atoms with E-state index in [1.807, 2.05) is 35.0 Å². The Morgan fingerprint density at radius 1 is 1.21 bits per heavy atom. The number of rotatable bonds is 5. The van der Waals surface area contributed by atoms with Crippen molar-refractivity contribution >= 4 is 6.08 Å². The maximum absolute atomic E-state index is 12.6. The van der Waals surface area contributed by atoms with Crippen molar-refractivity contribution in [1.29, 1.82) is 0 Å². The lowest BCUT2D eigenvalue weighted by Crippen LogP contribution is -2.24. The largest absolute Gasteiger partial charge is 0.386 e. The monoisotopic (exact) mass is 323 g/mol. The third kappa shape index (κ3) is 3.09. The highest BCUT2D eigenvalue weighted by Gasteiger charge is 2.19. The quantitative estimate of drug-likeness (QED) is 0.899. The summed E-state index contributed by atoms with van der Waals surface area (Å²) in [6.45, 7) is 6.47. The molecule has 0 fully saturated rings. The van der Waals surface area contributed by atoms with Crippen molar-refractivity contribution in [1.82, 2.24) is 4.57 Å². The number of fused-ring (bicyclic) bond motifs is 1. The summed E-state index contributed by atoms with van der Waals surface area (Å²) in [5.41, 5.74) is 4.30. The highest BCUT2D eigenvalue weighted by atomic mass is 16.3. The van der Waals surface area contributed by atoms with Gasteiger partial charge in [-0.15, -0.1) is 0 Å². The molecular formula is C21H25NO2. The Labute approximate surface area is 143 Å². The molecule has 1 aliphatic carbocycles. The van der Waals surface area contributed by atoms with Gasteiger partial charge in [0.25, 0.3) is 5.56 Å². The normalized spacial score (nSPS) is 13.3. The molecular weight excluding hydrogens is 298 g/mol. The van der Waals surface area contributed by atoms with Crippen LogP contribution in [0, 0.1) is 0 Å². The average Bonchev–Trinajstić information content (AvgIpc) is 3.04. The number of nitrogens with zero attached hydrogens (tertiary/aromatic N) is 1. The Morgan fingerprint density at radius 2 is 1.92 bits per heavy atom. The van der Waals surface area contributed by atoms with Crippen molar-refractivity contribution in [3.8, 4) is 11.1 Å². The second-order valence-electron chi connectivity index (χ2n) is 7.03. The van der Waals surface area contributed by atoms with Gasteiger partial charge in [-0.05, 0) is 43.4 Å². The van der Waals surface area contributed by atoms with Gasteiger partial charge in [0.15, 0.2) is 0 Å². The van der Waals surface area contributed by atoms with Crippen LogP contribution in [0.25, 0.3) is 17.2 Å². The zero-order valence-electron chi connectivity index (χ0n) is 14.7. The number of pyridine rings is 1. The molecule has 24 heavy (non-hydrogen) atoms. The zero-order valence-corrected chi connectivity index (χ0v) is 14.7. The molecule has 0 saturated heterocycles. The predicted octanol–water partition coefficient (Wildman–Crippen LogP) is 4.11. The first-order valence-corrected chi connectivity index (χ1v) is 8.68. The topological polar surface area (TPSA) is 42.2 Å². The second-order valence-corrected chi connectivity index (χ2v) is 7.03. The van der Waals surface area contributed by atoms with Gasteiger partial charge in [0, 0.05) is 23.9 Å². The van der Waals surface area contributed by atoms with Gasteiger partial charge in [0.05, 0.1) is 5.60 Å². The number of aryl methyl sites for hydroxylation is 1. The smallest absolute Gasteiger partial charge is 0.254 e.